The summed E-state index contributed by atoms with van der Waals surface area (Å²) in [4.78, 5) is 27.3. The first-order valence-electron chi connectivity index (χ1n) is 7.14. The highest BCUT2D eigenvalue weighted by Gasteiger charge is 2.28. The van der Waals surface area contributed by atoms with Gasteiger partial charge in [-0.15, -0.1) is 15.0 Å². The molecule has 0 spiro atoms. The van der Waals surface area contributed by atoms with Gasteiger partial charge in [0.2, 0.25) is 5.82 Å². The molecule has 0 N–H and O–H groups in total. The molecule has 0 aliphatic rings. The molecule has 2 heterocycles. The third-order valence-electron chi connectivity index (χ3n) is 3.30. The fourth-order valence-corrected chi connectivity index (χ4v) is 2.06. The summed E-state index contributed by atoms with van der Waals surface area (Å²) in [6, 6.07) is 1.27. The maximum Gasteiger partial charge on any atom is 0.332 e. The van der Waals surface area contributed by atoms with Crippen molar-refractivity contribution in [3.8, 4) is 11.6 Å². The fourth-order valence-electron chi connectivity index (χ4n) is 2.06. The maximum absolute atomic E-state index is 12.0. The van der Waals surface area contributed by atoms with Crippen LogP contribution in [0.25, 0.3) is 22.0 Å². The van der Waals surface area contributed by atoms with Crippen molar-refractivity contribution in [2.24, 2.45) is 5.11 Å². The van der Waals surface area contributed by atoms with Gasteiger partial charge in [0.05, 0.1) is 20.5 Å². The SMILES string of the molecule is COC(=O)C(CCC(C(=O)OC)n1nnc(-c2ccco2)n1)N=[N+]=[N-]. The van der Waals surface area contributed by atoms with Crippen LogP contribution in [0.2, 0.25) is 0 Å². The van der Waals surface area contributed by atoms with Crippen molar-refractivity contribution in [3.05, 3.63) is 28.8 Å². The van der Waals surface area contributed by atoms with Crippen molar-refractivity contribution in [2.45, 2.75) is 24.9 Å². The lowest BCUT2D eigenvalue weighted by atomic mass is 10.1. The van der Waals surface area contributed by atoms with E-state index in [9.17, 15) is 9.59 Å². The maximum atomic E-state index is 12.0. The number of hydrogen-bond donors (Lipinski definition) is 0. The number of methoxy groups -OCH3 is 2. The lowest BCUT2D eigenvalue weighted by molar-refractivity contribution is -0.147. The molecule has 2 unspecified atom stereocenters. The van der Waals surface area contributed by atoms with Gasteiger partial charge in [-0.25, -0.2) is 4.79 Å². The molecule has 2 aromatic rings. The van der Waals surface area contributed by atoms with E-state index in [1.807, 2.05) is 0 Å². The largest absolute Gasteiger partial charge is 0.469 e. The predicted molar refractivity (Wildman–Crippen MR) is 80.8 cm³/mol. The van der Waals surface area contributed by atoms with Crippen molar-refractivity contribution in [1.29, 1.82) is 0 Å². The molecule has 0 aromatic carbocycles. The molecular weight excluding hydrogens is 334 g/mol. The van der Waals surface area contributed by atoms with Crippen LogP contribution in [0.4, 0.5) is 0 Å². The molecule has 2 aromatic heterocycles. The van der Waals surface area contributed by atoms with Gasteiger partial charge in [-0.05, 0) is 35.7 Å². The molecule has 12 heteroatoms. The molecule has 0 fully saturated rings. The second-order valence-electron chi connectivity index (χ2n) is 4.77. The van der Waals surface area contributed by atoms with Crippen molar-refractivity contribution >= 4 is 11.9 Å². The van der Waals surface area contributed by atoms with Crippen molar-refractivity contribution < 1.29 is 23.5 Å². The quantitative estimate of drug-likeness (QED) is 0.298. The minimum absolute atomic E-state index is 0.0358. The summed E-state index contributed by atoms with van der Waals surface area (Å²) in [5.74, 6) is -0.757. The number of ether oxygens (including phenoxy) is 2. The van der Waals surface area contributed by atoms with Crippen LogP contribution >= 0.6 is 0 Å². The molecule has 25 heavy (non-hydrogen) atoms. The third kappa shape index (κ3) is 4.32. The molecule has 0 saturated heterocycles. The van der Waals surface area contributed by atoms with Crippen LogP contribution in [0.3, 0.4) is 0 Å². The summed E-state index contributed by atoms with van der Waals surface area (Å²) < 4.78 is 14.5. The van der Waals surface area contributed by atoms with E-state index < -0.39 is 24.0 Å². The molecule has 132 valence electrons. The number of tetrazole rings is 1. The van der Waals surface area contributed by atoms with E-state index in [2.05, 4.69) is 30.2 Å². The van der Waals surface area contributed by atoms with Gasteiger partial charge in [-0.3, -0.25) is 4.79 Å². The predicted octanol–water partition coefficient (Wildman–Crippen LogP) is 1.28. The minimum Gasteiger partial charge on any atom is -0.469 e. The highest BCUT2D eigenvalue weighted by molar-refractivity contribution is 5.76. The summed E-state index contributed by atoms with van der Waals surface area (Å²) in [5.41, 5.74) is 8.54. The molecule has 0 amide bonds. The Balaban J connectivity index is 2.18. The Bertz CT molecular complexity index is 766. The van der Waals surface area contributed by atoms with Gasteiger partial charge >= 0.3 is 11.9 Å². The molecule has 0 aliphatic heterocycles. The van der Waals surface area contributed by atoms with Crippen LogP contribution in [0.15, 0.2) is 27.9 Å². The Morgan fingerprint density at radius 2 is 2.12 bits per heavy atom. The molecule has 0 bridgehead atoms. The van der Waals surface area contributed by atoms with Crippen LogP contribution in [-0.4, -0.2) is 52.4 Å². The molecule has 0 aliphatic carbocycles. The van der Waals surface area contributed by atoms with E-state index in [0.29, 0.717) is 5.76 Å². The number of aromatic nitrogens is 4. The van der Waals surface area contributed by atoms with E-state index in [1.54, 1.807) is 12.1 Å². The molecule has 2 rings (SSSR count). The van der Waals surface area contributed by atoms with Gasteiger partial charge in [0.15, 0.2) is 11.8 Å². The molecular formula is C13H15N7O5. The summed E-state index contributed by atoms with van der Waals surface area (Å²) in [6.07, 6.45) is 1.56. The average Bonchev–Trinajstić information content (AvgIpc) is 3.31. The van der Waals surface area contributed by atoms with Gasteiger partial charge in [0, 0.05) is 4.91 Å². The van der Waals surface area contributed by atoms with Crippen LogP contribution in [0, 0.1) is 0 Å². The Morgan fingerprint density at radius 1 is 1.36 bits per heavy atom. The zero-order valence-corrected chi connectivity index (χ0v) is 13.5. The zero-order valence-electron chi connectivity index (χ0n) is 13.5. The Morgan fingerprint density at radius 3 is 2.72 bits per heavy atom. The number of carbonyl (C=O) groups excluding carboxylic acids is 2. The van der Waals surface area contributed by atoms with E-state index in [4.69, 9.17) is 14.7 Å². The van der Waals surface area contributed by atoms with Crippen LogP contribution in [-0.2, 0) is 19.1 Å². The van der Waals surface area contributed by atoms with E-state index >= 15 is 0 Å². The van der Waals surface area contributed by atoms with Crippen LogP contribution in [0.1, 0.15) is 18.9 Å². The monoisotopic (exact) mass is 349 g/mol. The summed E-state index contributed by atoms with van der Waals surface area (Å²) in [6.45, 7) is 0. The Labute approximate surface area is 141 Å². The number of nitrogens with zero attached hydrogens (tertiary/aromatic N) is 7. The first-order valence-corrected chi connectivity index (χ1v) is 7.14. The topological polar surface area (TPSA) is 158 Å². The first-order chi connectivity index (χ1) is 12.1. The van der Waals surface area contributed by atoms with Crippen LogP contribution in [0.5, 0.6) is 0 Å². The standard InChI is InChI=1S/C13H15N7O5/c1-23-12(21)8(15-18-14)5-6-9(13(22)24-2)20-17-11(16-19-20)10-4-3-7-25-10/h3-4,7-9H,5-6H2,1-2H3. The van der Waals surface area contributed by atoms with Gasteiger partial charge in [-0.1, -0.05) is 5.11 Å². The van der Waals surface area contributed by atoms with Crippen LogP contribution < -0.4 is 0 Å². The highest BCUT2D eigenvalue weighted by atomic mass is 16.5. The fraction of sp³-hybridized carbons (Fsp3) is 0.462. The van der Waals surface area contributed by atoms with Gasteiger partial charge in [0.25, 0.3) is 0 Å². The van der Waals surface area contributed by atoms with E-state index in [0.717, 1.165) is 4.80 Å². The smallest absolute Gasteiger partial charge is 0.332 e. The molecule has 12 nitrogen and oxygen atoms in total. The average molecular weight is 349 g/mol. The highest BCUT2D eigenvalue weighted by Crippen LogP contribution is 2.19. The zero-order chi connectivity index (χ0) is 18.2. The number of esters is 2. The van der Waals surface area contributed by atoms with E-state index in [1.165, 1.54) is 20.5 Å². The first kappa shape index (κ1) is 17.9. The van der Waals surface area contributed by atoms with Gasteiger partial charge < -0.3 is 13.9 Å². The Kier molecular flexibility index (Phi) is 6.07. The van der Waals surface area contributed by atoms with Crippen molar-refractivity contribution in [2.75, 3.05) is 14.2 Å². The summed E-state index contributed by atoms with van der Waals surface area (Å²) in [5, 5.41) is 15.1. The molecule has 0 saturated carbocycles. The summed E-state index contributed by atoms with van der Waals surface area (Å²) >= 11 is 0. The second kappa shape index (κ2) is 8.45. The number of furan rings is 1. The van der Waals surface area contributed by atoms with Crippen molar-refractivity contribution in [3.63, 3.8) is 0 Å². The lowest BCUT2D eigenvalue weighted by Crippen LogP contribution is -2.27. The lowest BCUT2D eigenvalue weighted by Gasteiger charge is -2.15. The number of azide groups is 1. The second-order valence-corrected chi connectivity index (χ2v) is 4.77. The van der Waals surface area contributed by atoms with E-state index in [-0.39, 0.29) is 18.7 Å². The Hall–Kier alpha value is -3.40. The van der Waals surface area contributed by atoms with Gasteiger partial charge in [0.1, 0.15) is 6.04 Å². The normalized spacial score (nSPS) is 12.7. The number of carbonyl (C=O) groups is 2. The number of hydrogen-bond acceptors (Lipinski definition) is 9. The number of rotatable bonds is 8. The minimum atomic E-state index is -1.07. The molecule has 2 atom stereocenters. The molecule has 0 radical (unpaired) electrons. The third-order valence-corrected chi connectivity index (χ3v) is 3.30. The summed E-state index contributed by atoms with van der Waals surface area (Å²) in [7, 11) is 2.39. The van der Waals surface area contributed by atoms with Gasteiger partial charge in [-0.2, -0.15) is 0 Å². The van der Waals surface area contributed by atoms with Crippen molar-refractivity contribution in [1.82, 2.24) is 20.2 Å².